The van der Waals surface area contributed by atoms with Gasteiger partial charge in [-0.1, -0.05) is 23.8 Å². The zero-order valence-electron chi connectivity index (χ0n) is 11.9. The number of carbonyl (C=O) groups is 2. The Morgan fingerprint density at radius 3 is 2.38 bits per heavy atom. The van der Waals surface area contributed by atoms with E-state index in [9.17, 15) is 9.59 Å². The van der Waals surface area contributed by atoms with Crippen LogP contribution < -0.4 is 5.32 Å². The van der Waals surface area contributed by atoms with Gasteiger partial charge >= 0.3 is 0 Å². The first-order chi connectivity index (χ1) is 10.0. The van der Waals surface area contributed by atoms with Gasteiger partial charge in [-0.3, -0.25) is 9.59 Å². The fraction of sp³-hybridized carbons (Fsp3) is 0.111. The minimum atomic E-state index is -0.147. The largest absolute Gasteiger partial charge is 0.352 e. The number of ketones is 2. The third-order valence-electron chi connectivity index (χ3n) is 3.50. The smallest absolute Gasteiger partial charge is 0.210 e. The van der Waals surface area contributed by atoms with Crippen molar-refractivity contribution in [2.45, 2.75) is 13.8 Å². The summed E-state index contributed by atoms with van der Waals surface area (Å²) in [5, 5.41) is 3.05. The van der Waals surface area contributed by atoms with E-state index in [1.807, 2.05) is 44.2 Å². The van der Waals surface area contributed by atoms with Crippen molar-refractivity contribution in [3.8, 4) is 0 Å². The third kappa shape index (κ3) is 2.50. The average molecular weight is 277 g/mol. The van der Waals surface area contributed by atoms with Crippen LogP contribution in [-0.2, 0) is 0 Å². The minimum Gasteiger partial charge on any atom is -0.352 e. The molecular weight excluding hydrogens is 262 g/mol. The Labute approximate surface area is 123 Å². The molecule has 0 fully saturated rings. The van der Waals surface area contributed by atoms with E-state index >= 15 is 0 Å². The van der Waals surface area contributed by atoms with Crippen LogP contribution in [0.3, 0.4) is 0 Å². The summed E-state index contributed by atoms with van der Waals surface area (Å²) in [6.07, 6.45) is 1.38. The van der Waals surface area contributed by atoms with E-state index in [-0.39, 0.29) is 11.6 Å². The predicted molar refractivity (Wildman–Crippen MR) is 82.7 cm³/mol. The summed E-state index contributed by atoms with van der Waals surface area (Å²) in [7, 11) is 0. The van der Waals surface area contributed by atoms with Crippen LogP contribution in [0.2, 0.25) is 0 Å². The van der Waals surface area contributed by atoms with Crippen LogP contribution in [0.25, 0.3) is 0 Å². The highest BCUT2D eigenvalue weighted by Crippen LogP contribution is 2.24. The molecule has 3 nitrogen and oxygen atoms in total. The third-order valence-corrected chi connectivity index (χ3v) is 3.50. The van der Waals surface area contributed by atoms with Gasteiger partial charge in [0.1, 0.15) is 0 Å². The van der Waals surface area contributed by atoms with Crippen LogP contribution in [0.4, 0.5) is 5.69 Å². The van der Waals surface area contributed by atoms with E-state index in [0.29, 0.717) is 16.8 Å². The summed E-state index contributed by atoms with van der Waals surface area (Å²) in [6, 6.07) is 13.0. The molecule has 3 rings (SSSR count). The predicted octanol–water partition coefficient (Wildman–Crippen LogP) is 3.68. The number of nitrogens with one attached hydrogen (secondary N) is 1. The monoisotopic (exact) mass is 277 g/mol. The number of anilines is 1. The molecule has 0 amide bonds. The van der Waals surface area contributed by atoms with Gasteiger partial charge in [-0.25, -0.2) is 0 Å². The SMILES string of the molecule is Cc1cccc(NC2=CC(=O)c3cc(C)ccc3C2=O)c1. The topological polar surface area (TPSA) is 46.2 Å². The standard InChI is InChI=1S/C18H15NO2/c1-11-4-3-5-13(8-11)19-16-10-17(20)15-9-12(2)6-7-14(15)18(16)21/h3-10,19H,1-2H3. The van der Waals surface area contributed by atoms with Gasteiger partial charge in [-0.15, -0.1) is 0 Å². The number of allylic oxidation sites excluding steroid dienone is 2. The van der Waals surface area contributed by atoms with E-state index in [2.05, 4.69) is 5.32 Å². The maximum atomic E-state index is 12.5. The molecule has 21 heavy (non-hydrogen) atoms. The molecule has 0 radical (unpaired) electrons. The van der Waals surface area contributed by atoms with Crippen LogP contribution in [0.1, 0.15) is 31.8 Å². The highest BCUT2D eigenvalue weighted by atomic mass is 16.1. The van der Waals surface area contributed by atoms with Gasteiger partial charge in [-0.05, 0) is 43.7 Å². The lowest BCUT2D eigenvalue weighted by Crippen LogP contribution is -2.21. The molecular formula is C18H15NO2. The summed E-state index contributed by atoms with van der Waals surface area (Å²) in [6.45, 7) is 3.88. The first kappa shape index (κ1) is 13.3. The normalized spacial score (nSPS) is 13.7. The summed E-state index contributed by atoms with van der Waals surface area (Å²) >= 11 is 0. The van der Waals surface area contributed by atoms with Crippen LogP contribution >= 0.6 is 0 Å². The summed E-state index contributed by atoms with van der Waals surface area (Å²) in [5.74, 6) is -0.283. The number of carbonyl (C=O) groups excluding carboxylic acids is 2. The molecule has 104 valence electrons. The Bertz CT molecular complexity index is 788. The van der Waals surface area contributed by atoms with Crippen molar-refractivity contribution in [2.24, 2.45) is 0 Å². The van der Waals surface area contributed by atoms with Gasteiger partial charge in [0, 0.05) is 22.9 Å². The van der Waals surface area contributed by atoms with Gasteiger partial charge in [0.25, 0.3) is 0 Å². The molecule has 1 aliphatic rings. The lowest BCUT2D eigenvalue weighted by Gasteiger charge is -2.17. The second-order valence-electron chi connectivity index (χ2n) is 5.29. The van der Waals surface area contributed by atoms with Crippen LogP contribution in [-0.4, -0.2) is 11.6 Å². The van der Waals surface area contributed by atoms with Crippen LogP contribution in [0.15, 0.2) is 54.2 Å². The van der Waals surface area contributed by atoms with Crippen molar-refractivity contribution in [3.63, 3.8) is 0 Å². The van der Waals surface area contributed by atoms with E-state index in [4.69, 9.17) is 0 Å². The number of fused-ring (bicyclic) bond motifs is 1. The van der Waals surface area contributed by atoms with Gasteiger partial charge in [0.15, 0.2) is 5.78 Å². The summed E-state index contributed by atoms with van der Waals surface area (Å²) < 4.78 is 0. The van der Waals surface area contributed by atoms with E-state index in [0.717, 1.165) is 16.8 Å². The summed E-state index contributed by atoms with van der Waals surface area (Å²) in [5.41, 5.74) is 4.13. The van der Waals surface area contributed by atoms with E-state index < -0.39 is 0 Å². The molecule has 0 atom stereocenters. The lowest BCUT2D eigenvalue weighted by molar-refractivity contribution is 0.0985. The number of rotatable bonds is 2. The van der Waals surface area contributed by atoms with Gasteiger partial charge in [0.05, 0.1) is 5.70 Å². The first-order valence-electron chi connectivity index (χ1n) is 6.79. The maximum Gasteiger partial charge on any atom is 0.210 e. The maximum absolute atomic E-state index is 12.5. The fourth-order valence-corrected chi connectivity index (χ4v) is 2.45. The molecule has 1 N–H and O–H groups in total. The second kappa shape index (κ2) is 5.02. The minimum absolute atomic E-state index is 0.136. The van der Waals surface area contributed by atoms with E-state index in [1.165, 1.54) is 6.08 Å². The molecule has 0 bridgehead atoms. The van der Waals surface area contributed by atoms with Crippen molar-refractivity contribution < 1.29 is 9.59 Å². The molecule has 3 heteroatoms. The molecule has 1 aliphatic carbocycles. The Morgan fingerprint density at radius 1 is 0.857 bits per heavy atom. The highest BCUT2D eigenvalue weighted by Gasteiger charge is 2.25. The Balaban J connectivity index is 1.97. The van der Waals surface area contributed by atoms with Crippen molar-refractivity contribution >= 4 is 17.3 Å². The Hall–Kier alpha value is -2.68. The molecule has 2 aromatic rings. The molecule has 0 heterocycles. The molecule has 0 aliphatic heterocycles. The number of hydrogen-bond donors (Lipinski definition) is 1. The first-order valence-corrected chi connectivity index (χ1v) is 6.79. The van der Waals surface area contributed by atoms with Crippen LogP contribution in [0.5, 0.6) is 0 Å². The summed E-state index contributed by atoms with van der Waals surface area (Å²) in [4.78, 5) is 24.7. The number of benzene rings is 2. The Kier molecular flexibility index (Phi) is 3.18. The van der Waals surface area contributed by atoms with Crippen molar-refractivity contribution in [1.82, 2.24) is 0 Å². The zero-order valence-corrected chi connectivity index (χ0v) is 11.9. The molecule has 0 spiro atoms. The quantitative estimate of drug-likeness (QED) is 0.910. The van der Waals surface area contributed by atoms with Gasteiger partial charge in [-0.2, -0.15) is 0 Å². The lowest BCUT2D eigenvalue weighted by atomic mass is 9.91. The molecule has 0 saturated carbocycles. The van der Waals surface area contributed by atoms with Crippen molar-refractivity contribution in [3.05, 3.63) is 76.5 Å². The number of hydrogen-bond acceptors (Lipinski definition) is 3. The highest BCUT2D eigenvalue weighted by molar-refractivity contribution is 6.25. The number of aryl methyl sites for hydroxylation is 2. The molecule has 0 aromatic heterocycles. The van der Waals surface area contributed by atoms with Crippen molar-refractivity contribution in [2.75, 3.05) is 5.32 Å². The zero-order chi connectivity index (χ0) is 15.0. The average Bonchev–Trinajstić information content (AvgIpc) is 2.44. The Morgan fingerprint density at radius 2 is 1.62 bits per heavy atom. The van der Waals surface area contributed by atoms with E-state index in [1.54, 1.807) is 12.1 Å². The number of Topliss-reactive ketones (excluding diaryl/α,β-unsaturated/α-hetero) is 1. The van der Waals surface area contributed by atoms with Crippen molar-refractivity contribution in [1.29, 1.82) is 0 Å². The molecule has 0 saturated heterocycles. The molecule has 0 unspecified atom stereocenters. The molecule has 2 aromatic carbocycles. The fourth-order valence-electron chi connectivity index (χ4n) is 2.45. The van der Waals surface area contributed by atoms with Gasteiger partial charge in [0.2, 0.25) is 5.78 Å². The second-order valence-corrected chi connectivity index (χ2v) is 5.29. The van der Waals surface area contributed by atoms with Crippen LogP contribution in [0, 0.1) is 13.8 Å². The van der Waals surface area contributed by atoms with Gasteiger partial charge < -0.3 is 5.32 Å².